The summed E-state index contributed by atoms with van der Waals surface area (Å²) in [6, 6.07) is 16.7. The number of morpholine rings is 1. The summed E-state index contributed by atoms with van der Waals surface area (Å²) in [7, 11) is 0. The molecule has 3 heterocycles. The Morgan fingerprint density at radius 1 is 0.903 bits per heavy atom. The van der Waals surface area contributed by atoms with Crippen LogP contribution < -0.4 is 15.5 Å². The number of hydrogen-bond donors (Lipinski definition) is 2. The molecule has 3 aromatic rings. The topological polar surface area (TPSA) is 75.2 Å². The molecule has 1 saturated carbocycles. The summed E-state index contributed by atoms with van der Waals surface area (Å²) < 4.78 is 5.45. The molecule has 5 rings (SSSR count). The maximum absolute atomic E-state index is 5.45. The minimum atomic E-state index is 0.444. The molecule has 0 radical (unpaired) electrons. The lowest BCUT2D eigenvalue weighted by atomic mass is 10.2. The van der Waals surface area contributed by atoms with Gasteiger partial charge in [0.05, 0.1) is 24.6 Å². The number of nitrogens with one attached hydrogen (secondary N) is 2. The summed E-state index contributed by atoms with van der Waals surface area (Å²) in [6.07, 6.45) is 6.65. The second-order valence-electron chi connectivity index (χ2n) is 8.07. The van der Waals surface area contributed by atoms with Gasteiger partial charge in [0.15, 0.2) is 0 Å². The van der Waals surface area contributed by atoms with E-state index in [1.54, 1.807) is 6.20 Å². The molecule has 160 valence electrons. The predicted octanol–water partition coefficient (Wildman–Crippen LogP) is 4.47. The van der Waals surface area contributed by atoms with Crippen LogP contribution in [0.25, 0.3) is 11.4 Å². The fourth-order valence-electron chi connectivity index (χ4n) is 4.20. The van der Waals surface area contributed by atoms with E-state index >= 15 is 0 Å². The van der Waals surface area contributed by atoms with Gasteiger partial charge in [-0.25, -0.2) is 4.98 Å². The number of anilines is 4. The van der Waals surface area contributed by atoms with Gasteiger partial charge in [-0.15, -0.1) is 0 Å². The molecule has 2 aliphatic rings. The van der Waals surface area contributed by atoms with E-state index < -0.39 is 0 Å². The Bertz CT molecular complexity index is 983. The first kappa shape index (κ1) is 19.8. The summed E-state index contributed by atoms with van der Waals surface area (Å²) in [4.78, 5) is 16.3. The second-order valence-corrected chi connectivity index (χ2v) is 8.07. The van der Waals surface area contributed by atoms with Crippen molar-refractivity contribution >= 4 is 23.1 Å². The SMILES string of the molecule is c1ccc(-c2cc(Nc3ccc(N4CCOCC4)cc3)nc(NC3CCCC3)n2)nc1. The molecular formula is C24H28N6O. The van der Waals surface area contributed by atoms with E-state index in [9.17, 15) is 0 Å². The molecule has 7 heteroatoms. The number of nitrogens with zero attached hydrogens (tertiary/aromatic N) is 4. The smallest absolute Gasteiger partial charge is 0.225 e. The van der Waals surface area contributed by atoms with E-state index in [4.69, 9.17) is 14.7 Å². The van der Waals surface area contributed by atoms with Crippen molar-refractivity contribution in [2.75, 3.05) is 41.8 Å². The van der Waals surface area contributed by atoms with Crippen LogP contribution in [0.5, 0.6) is 0 Å². The molecule has 2 aromatic heterocycles. The molecule has 1 saturated heterocycles. The molecule has 1 aliphatic heterocycles. The normalized spacial score (nSPS) is 17.0. The van der Waals surface area contributed by atoms with E-state index in [2.05, 4.69) is 44.8 Å². The van der Waals surface area contributed by atoms with Crippen molar-refractivity contribution in [2.24, 2.45) is 0 Å². The van der Waals surface area contributed by atoms with Crippen LogP contribution in [0.1, 0.15) is 25.7 Å². The third-order valence-corrected chi connectivity index (χ3v) is 5.86. The van der Waals surface area contributed by atoms with Gasteiger partial charge in [-0.2, -0.15) is 4.98 Å². The van der Waals surface area contributed by atoms with Gasteiger partial charge >= 0.3 is 0 Å². The second kappa shape index (κ2) is 9.31. The van der Waals surface area contributed by atoms with Crippen LogP contribution in [-0.4, -0.2) is 47.3 Å². The fourth-order valence-corrected chi connectivity index (χ4v) is 4.20. The van der Waals surface area contributed by atoms with Crippen LogP contribution in [-0.2, 0) is 4.74 Å². The minimum Gasteiger partial charge on any atom is -0.378 e. The van der Waals surface area contributed by atoms with Gasteiger partial charge in [0.1, 0.15) is 5.82 Å². The lowest BCUT2D eigenvalue weighted by molar-refractivity contribution is 0.122. The number of rotatable bonds is 6. The highest BCUT2D eigenvalue weighted by Crippen LogP contribution is 2.26. The van der Waals surface area contributed by atoms with E-state index in [0.717, 1.165) is 49.2 Å². The molecule has 0 bridgehead atoms. The Morgan fingerprint density at radius 2 is 1.71 bits per heavy atom. The predicted molar refractivity (Wildman–Crippen MR) is 124 cm³/mol. The number of ether oxygens (including phenoxy) is 1. The highest BCUT2D eigenvalue weighted by atomic mass is 16.5. The van der Waals surface area contributed by atoms with Crippen LogP contribution in [0, 0.1) is 0 Å². The monoisotopic (exact) mass is 416 g/mol. The standard InChI is InChI=1S/C24H28N6O/c1-2-6-18(5-1)27-24-28-22(21-7-3-4-12-25-21)17-23(29-24)26-19-8-10-20(11-9-19)30-13-15-31-16-14-30/h3-4,7-12,17-18H,1-2,5-6,13-16H2,(H2,26,27,28,29). The Labute approximate surface area is 182 Å². The van der Waals surface area contributed by atoms with Crippen molar-refractivity contribution in [3.63, 3.8) is 0 Å². The van der Waals surface area contributed by atoms with Gasteiger partial charge in [0.25, 0.3) is 0 Å². The van der Waals surface area contributed by atoms with Crippen LogP contribution >= 0.6 is 0 Å². The molecule has 0 spiro atoms. The summed E-state index contributed by atoms with van der Waals surface area (Å²) in [5, 5.41) is 6.97. The fraction of sp³-hybridized carbons (Fsp3) is 0.375. The average Bonchev–Trinajstić information content (AvgIpc) is 3.34. The van der Waals surface area contributed by atoms with E-state index in [0.29, 0.717) is 12.0 Å². The van der Waals surface area contributed by atoms with E-state index in [1.165, 1.54) is 31.4 Å². The lowest BCUT2D eigenvalue weighted by Crippen LogP contribution is -2.36. The van der Waals surface area contributed by atoms with Crippen molar-refractivity contribution in [2.45, 2.75) is 31.7 Å². The third-order valence-electron chi connectivity index (χ3n) is 5.86. The summed E-state index contributed by atoms with van der Waals surface area (Å²) in [5.74, 6) is 1.41. The molecule has 1 aromatic carbocycles. The maximum Gasteiger partial charge on any atom is 0.225 e. The Balaban J connectivity index is 1.38. The molecule has 31 heavy (non-hydrogen) atoms. The Morgan fingerprint density at radius 3 is 2.45 bits per heavy atom. The van der Waals surface area contributed by atoms with Crippen LogP contribution in [0.2, 0.25) is 0 Å². The van der Waals surface area contributed by atoms with Crippen molar-refractivity contribution < 1.29 is 4.74 Å². The first-order chi connectivity index (χ1) is 15.3. The Hall–Kier alpha value is -3.19. The zero-order valence-corrected chi connectivity index (χ0v) is 17.6. The third kappa shape index (κ3) is 4.94. The van der Waals surface area contributed by atoms with Crippen molar-refractivity contribution in [1.29, 1.82) is 0 Å². The first-order valence-electron chi connectivity index (χ1n) is 11.1. The summed E-state index contributed by atoms with van der Waals surface area (Å²) >= 11 is 0. The average molecular weight is 417 g/mol. The molecule has 0 amide bonds. The molecular weight excluding hydrogens is 388 g/mol. The van der Waals surface area contributed by atoms with Gasteiger partial charge < -0.3 is 20.3 Å². The van der Waals surface area contributed by atoms with Gasteiger partial charge in [0, 0.05) is 42.8 Å². The van der Waals surface area contributed by atoms with Crippen LogP contribution in [0.15, 0.2) is 54.7 Å². The Kier molecular flexibility index (Phi) is 5.93. The maximum atomic E-state index is 5.45. The minimum absolute atomic E-state index is 0.444. The lowest BCUT2D eigenvalue weighted by Gasteiger charge is -2.28. The van der Waals surface area contributed by atoms with Crippen LogP contribution in [0.4, 0.5) is 23.1 Å². The van der Waals surface area contributed by atoms with Gasteiger partial charge in [0.2, 0.25) is 5.95 Å². The molecule has 0 atom stereocenters. The van der Waals surface area contributed by atoms with Crippen molar-refractivity contribution in [1.82, 2.24) is 15.0 Å². The molecule has 7 nitrogen and oxygen atoms in total. The highest BCUT2D eigenvalue weighted by Gasteiger charge is 2.17. The van der Waals surface area contributed by atoms with Crippen LogP contribution in [0.3, 0.4) is 0 Å². The number of hydrogen-bond acceptors (Lipinski definition) is 7. The highest BCUT2D eigenvalue weighted by molar-refractivity contribution is 5.66. The summed E-state index contributed by atoms with van der Waals surface area (Å²) in [6.45, 7) is 3.44. The van der Waals surface area contributed by atoms with E-state index in [-0.39, 0.29) is 0 Å². The number of benzene rings is 1. The van der Waals surface area contributed by atoms with Crippen molar-refractivity contribution in [3.8, 4) is 11.4 Å². The molecule has 1 aliphatic carbocycles. The van der Waals surface area contributed by atoms with Gasteiger partial charge in [-0.3, -0.25) is 4.98 Å². The molecule has 0 unspecified atom stereocenters. The quantitative estimate of drug-likeness (QED) is 0.614. The largest absolute Gasteiger partial charge is 0.378 e. The molecule has 2 N–H and O–H groups in total. The van der Waals surface area contributed by atoms with Gasteiger partial charge in [-0.1, -0.05) is 18.9 Å². The van der Waals surface area contributed by atoms with Gasteiger partial charge in [-0.05, 0) is 49.2 Å². The zero-order valence-electron chi connectivity index (χ0n) is 17.6. The number of aromatic nitrogens is 3. The zero-order chi connectivity index (χ0) is 20.9. The number of pyridine rings is 1. The van der Waals surface area contributed by atoms with E-state index in [1.807, 2.05) is 24.3 Å². The van der Waals surface area contributed by atoms with Crippen molar-refractivity contribution in [3.05, 3.63) is 54.7 Å². The molecule has 2 fully saturated rings. The summed E-state index contributed by atoms with van der Waals surface area (Å²) in [5.41, 5.74) is 3.86. The first-order valence-corrected chi connectivity index (χ1v) is 11.1.